The number of halogens is 10. The first-order valence-corrected chi connectivity index (χ1v) is 22.4. The van der Waals surface area contributed by atoms with Gasteiger partial charge in [-0.05, 0) is 96.3 Å². The van der Waals surface area contributed by atoms with E-state index < -0.39 is 91.4 Å². The van der Waals surface area contributed by atoms with Gasteiger partial charge >= 0.3 is 19.1 Å². The molecule has 0 unspecified atom stereocenters. The maximum Gasteiger partial charge on any atom is 0.338 e. The van der Waals surface area contributed by atoms with Crippen LogP contribution in [0.2, 0.25) is 0 Å². The van der Waals surface area contributed by atoms with Crippen LogP contribution in [-0.4, -0.2) is 74.9 Å². The average Bonchev–Trinajstić information content (AvgIpc) is 4.01. The second-order valence-corrected chi connectivity index (χ2v) is 16.7. The van der Waals surface area contributed by atoms with E-state index in [1.165, 1.54) is 55.8 Å². The van der Waals surface area contributed by atoms with Gasteiger partial charge < -0.3 is 37.8 Å². The van der Waals surface area contributed by atoms with Crippen LogP contribution in [0.5, 0.6) is 0 Å². The van der Waals surface area contributed by atoms with E-state index in [2.05, 4.69) is 30.5 Å². The number of nitrogen functional groups attached to an aromatic ring is 2. The maximum atomic E-state index is 15.0. The molecule has 0 fully saturated rings. The number of alkyl halides is 6. The summed E-state index contributed by atoms with van der Waals surface area (Å²) >= 11 is 0. The summed E-state index contributed by atoms with van der Waals surface area (Å²) in [7, 11) is 0. The Balaban J connectivity index is 0.000000211. The van der Waals surface area contributed by atoms with Crippen LogP contribution in [0.3, 0.4) is 0 Å². The minimum Gasteiger partial charge on any atom is -0.478 e. The number of aromatic nitrogens is 7. The third-order valence-corrected chi connectivity index (χ3v) is 11.3. The van der Waals surface area contributed by atoms with Crippen molar-refractivity contribution in [2.75, 3.05) is 24.7 Å². The zero-order chi connectivity index (χ0) is 56.4. The van der Waals surface area contributed by atoms with Crippen molar-refractivity contribution in [2.45, 2.75) is 52.4 Å². The third-order valence-electron chi connectivity index (χ3n) is 11.3. The highest BCUT2D eigenvalue weighted by Crippen LogP contribution is 2.33. The van der Waals surface area contributed by atoms with E-state index in [4.69, 9.17) is 27.4 Å². The molecule has 1 amide bonds. The molecule has 77 heavy (non-hydrogen) atoms. The monoisotopic (exact) mass is 1080 g/mol. The Bertz CT molecular complexity index is 3420. The van der Waals surface area contributed by atoms with E-state index in [0.717, 1.165) is 48.7 Å². The van der Waals surface area contributed by atoms with Crippen LogP contribution in [-0.2, 0) is 13.3 Å². The van der Waals surface area contributed by atoms with Gasteiger partial charge in [-0.15, -0.1) is 0 Å². The van der Waals surface area contributed by atoms with Crippen molar-refractivity contribution in [3.63, 3.8) is 0 Å². The van der Waals surface area contributed by atoms with Crippen LogP contribution in [0.1, 0.15) is 79.5 Å². The Hall–Kier alpha value is -8.75. The lowest BCUT2D eigenvalue weighted by atomic mass is 10.00. The number of aromatic carboxylic acids is 1. The van der Waals surface area contributed by atoms with Crippen molar-refractivity contribution >= 4 is 23.5 Å². The fraction of sp³-hybridized carbons (Fsp3) is 0.196. The molecule has 0 bridgehead atoms. The molecule has 0 aliphatic rings. The number of aliphatic hydroxyl groups is 2. The Morgan fingerprint density at radius 3 is 1.71 bits per heavy atom. The number of carboxylic acids is 1. The highest BCUT2D eigenvalue weighted by Gasteiger charge is 2.23. The van der Waals surface area contributed by atoms with Crippen LogP contribution >= 0.6 is 0 Å². The van der Waals surface area contributed by atoms with Crippen molar-refractivity contribution in [1.29, 1.82) is 0 Å². The molecule has 0 saturated carbocycles. The number of aliphatic hydroxyl groups excluding tert-OH is 2. The van der Waals surface area contributed by atoms with Crippen LogP contribution in [0.25, 0.3) is 44.8 Å². The predicted octanol–water partition coefficient (Wildman–Crippen LogP) is 9.53. The second kappa shape index (κ2) is 25.2. The molecule has 10 N–H and O–H groups in total. The molecule has 4 heterocycles. The molecule has 0 radical (unpaired) electrons. The number of benzene rings is 4. The van der Waals surface area contributed by atoms with E-state index in [0.29, 0.717) is 42.9 Å². The van der Waals surface area contributed by atoms with Gasteiger partial charge in [0.2, 0.25) is 0 Å². The Labute approximate surface area is 430 Å². The van der Waals surface area contributed by atoms with Crippen molar-refractivity contribution in [1.82, 2.24) is 39.8 Å². The van der Waals surface area contributed by atoms with E-state index in [1.807, 2.05) is 0 Å². The number of rotatable bonds is 15. The van der Waals surface area contributed by atoms with Gasteiger partial charge in [0, 0.05) is 46.4 Å². The molecule has 8 rings (SSSR count). The number of carbonyl (C=O) groups excluding carboxylic acids is 1. The molecule has 0 aliphatic carbocycles. The standard InChI is InChI=1S/C25H21F5N6O2.C17H13F3N4O2.C9H11F2NO/c1-12-18(10-36(35-12)25(29)30)20-9-32-23(31)22(33-20)14-2-3-17(19(28)7-14)24(38)34-21(11-37)15-4-13(8-26)5-16(27)6-15;1-8-13(7-24(23-8)17(19)20)10-4-12(15(21)22-6-10)9-2-3-11(16(25)26)14(18)5-9;10-4-6-1-7(9(12)5-13)3-8(11)2-6/h2-7,9-10,21,25,37H,8,11H2,1H3,(H2,31,32)(H,34,38);2-7,17H,1H3,(H2,21,22)(H,25,26);1-3,9,13H,4-5,12H2/t21-;;9-/m1.1/s1. The highest BCUT2D eigenvalue weighted by molar-refractivity contribution is 5.95. The number of anilines is 2. The summed E-state index contributed by atoms with van der Waals surface area (Å²) in [5, 5.41) is 37.2. The van der Waals surface area contributed by atoms with Gasteiger partial charge in [-0.25, -0.2) is 55.5 Å². The molecule has 4 aromatic heterocycles. The summed E-state index contributed by atoms with van der Waals surface area (Å²) in [5.41, 5.74) is 20.0. The summed E-state index contributed by atoms with van der Waals surface area (Å²) in [5.74, 6) is -5.44. The molecule has 16 nitrogen and oxygen atoms in total. The number of carbonyl (C=O) groups is 2. The van der Waals surface area contributed by atoms with Gasteiger partial charge in [-0.1, -0.05) is 24.3 Å². The van der Waals surface area contributed by atoms with Gasteiger partial charge in [0.15, 0.2) is 0 Å². The predicted molar refractivity (Wildman–Crippen MR) is 261 cm³/mol. The lowest BCUT2D eigenvalue weighted by Gasteiger charge is -2.18. The van der Waals surface area contributed by atoms with Crippen molar-refractivity contribution in [3.8, 4) is 44.8 Å². The fourth-order valence-electron chi connectivity index (χ4n) is 7.49. The van der Waals surface area contributed by atoms with Gasteiger partial charge in [-0.2, -0.15) is 27.8 Å². The Kier molecular flexibility index (Phi) is 18.8. The summed E-state index contributed by atoms with van der Waals surface area (Å²) in [6.45, 7) is -5.16. The van der Waals surface area contributed by atoms with E-state index in [1.54, 1.807) is 13.0 Å². The van der Waals surface area contributed by atoms with E-state index in [-0.39, 0.29) is 63.1 Å². The van der Waals surface area contributed by atoms with Gasteiger partial charge in [0.1, 0.15) is 53.9 Å². The molecular formula is C51H45F10N11O5. The summed E-state index contributed by atoms with van der Waals surface area (Å²) in [6.07, 6.45) is 4.96. The van der Waals surface area contributed by atoms with Crippen LogP contribution in [0.4, 0.5) is 55.5 Å². The number of carboxylic acid groups (broad SMARTS) is 1. The molecule has 0 spiro atoms. The van der Waals surface area contributed by atoms with Crippen LogP contribution in [0, 0.1) is 37.1 Å². The molecule has 4 aromatic carbocycles. The van der Waals surface area contributed by atoms with Crippen LogP contribution in [0.15, 0.2) is 104 Å². The number of nitrogens with zero attached hydrogens (tertiary/aromatic N) is 7. The van der Waals surface area contributed by atoms with Gasteiger partial charge in [0.25, 0.3) is 5.91 Å². The zero-order valence-electron chi connectivity index (χ0n) is 40.3. The lowest BCUT2D eigenvalue weighted by molar-refractivity contribution is 0.0559. The summed E-state index contributed by atoms with van der Waals surface area (Å²) in [6, 6.07) is 13.9. The van der Waals surface area contributed by atoms with Crippen molar-refractivity contribution in [2.24, 2.45) is 5.73 Å². The first-order chi connectivity index (χ1) is 36.5. The van der Waals surface area contributed by atoms with Gasteiger partial charge in [-0.3, -0.25) is 4.79 Å². The molecular weight excluding hydrogens is 1040 g/mol. The Morgan fingerprint density at radius 2 is 1.17 bits per heavy atom. The number of nitrogens with two attached hydrogens (primary N) is 3. The van der Waals surface area contributed by atoms with E-state index >= 15 is 4.39 Å². The highest BCUT2D eigenvalue weighted by atomic mass is 19.3. The molecule has 0 aliphatic heterocycles. The van der Waals surface area contributed by atoms with E-state index in [9.17, 15) is 54.2 Å². The lowest BCUT2D eigenvalue weighted by Crippen LogP contribution is -2.31. The smallest absolute Gasteiger partial charge is 0.338 e. The number of hydrogen-bond donors (Lipinski definition) is 7. The number of hydrogen-bond acceptors (Lipinski definition) is 12. The average molecular weight is 1080 g/mol. The first-order valence-electron chi connectivity index (χ1n) is 22.4. The topological polar surface area (TPSA) is 259 Å². The van der Waals surface area contributed by atoms with Gasteiger partial charge in [0.05, 0.1) is 59.7 Å². The number of nitrogens with one attached hydrogen (secondary N) is 1. The summed E-state index contributed by atoms with van der Waals surface area (Å²) < 4.78 is 133. The largest absolute Gasteiger partial charge is 0.478 e. The number of amides is 1. The molecule has 0 saturated heterocycles. The molecule has 26 heteroatoms. The quantitative estimate of drug-likeness (QED) is 0.0473. The third kappa shape index (κ3) is 14.0. The number of aryl methyl sites for hydroxylation is 2. The van der Waals surface area contributed by atoms with Crippen molar-refractivity contribution in [3.05, 3.63) is 172 Å². The van der Waals surface area contributed by atoms with Crippen molar-refractivity contribution < 1.29 is 68.8 Å². The SMILES string of the molecule is Cc1nn(C(F)F)cc1-c1cnc(N)c(-c2ccc(C(=O)N[C@H](CO)c3cc(F)cc(CF)c3)c(F)c2)n1.Cc1nn(C(F)F)cc1-c1cnc(N)c(-c2ccc(C(=O)O)c(F)c2)c1.N[C@H](CO)c1cc(F)cc(CF)c1. The molecule has 404 valence electrons. The molecule has 2 atom stereocenters. The fourth-order valence-corrected chi connectivity index (χ4v) is 7.49. The summed E-state index contributed by atoms with van der Waals surface area (Å²) in [4.78, 5) is 36.1. The number of pyridine rings is 1. The van der Waals surface area contributed by atoms with Crippen LogP contribution < -0.4 is 22.5 Å². The zero-order valence-corrected chi connectivity index (χ0v) is 40.3. The maximum absolute atomic E-state index is 15.0. The normalized spacial score (nSPS) is 11.9. The molecule has 8 aromatic rings. The second-order valence-electron chi connectivity index (χ2n) is 16.7. The Morgan fingerprint density at radius 1 is 0.636 bits per heavy atom. The first kappa shape index (κ1) is 57.5. The minimum absolute atomic E-state index is 0.0147. The minimum atomic E-state index is -2.85.